The highest BCUT2D eigenvalue weighted by atomic mass is 16.7. The molecule has 0 aromatic rings. The molecule has 3 nitrogen and oxygen atoms in total. The van der Waals surface area contributed by atoms with Crippen molar-refractivity contribution < 1.29 is 4.84 Å². The number of nitrogens with two attached hydrogens (primary N) is 1. The summed E-state index contributed by atoms with van der Waals surface area (Å²) in [6, 6.07) is 0. The highest BCUT2D eigenvalue weighted by Gasteiger charge is 2.22. The van der Waals surface area contributed by atoms with Gasteiger partial charge in [0.05, 0.1) is 0 Å². The van der Waals surface area contributed by atoms with Crippen molar-refractivity contribution in [2.75, 3.05) is 6.54 Å². The van der Waals surface area contributed by atoms with Crippen LogP contribution in [0, 0.1) is 5.41 Å². The van der Waals surface area contributed by atoms with Gasteiger partial charge in [0.2, 0.25) is 0 Å². The van der Waals surface area contributed by atoms with Crippen molar-refractivity contribution in [3.8, 4) is 0 Å². The maximum Gasteiger partial charge on any atom is 0.127 e. The van der Waals surface area contributed by atoms with E-state index in [1.165, 1.54) is 0 Å². The van der Waals surface area contributed by atoms with Gasteiger partial charge in [-0.15, -0.1) is 0 Å². The van der Waals surface area contributed by atoms with Crippen LogP contribution in [-0.2, 0) is 4.84 Å². The molecule has 0 spiro atoms. The molecule has 1 rings (SSSR count). The van der Waals surface area contributed by atoms with Gasteiger partial charge in [-0.2, -0.15) is 0 Å². The van der Waals surface area contributed by atoms with Crippen LogP contribution in [0.15, 0.2) is 0 Å². The molecule has 10 heavy (non-hydrogen) atoms. The summed E-state index contributed by atoms with van der Waals surface area (Å²) >= 11 is 0. The second-order valence-corrected chi connectivity index (χ2v) is 3.68. The molecule has 0 aromatic carbocycles. The molecule has 0 radical (unpaired) electrons. The van der Waals surface area contributed by atoms with E-state index in [1.807, 2.05) is 0 Å². The lowest BCUT2D eigenvalue weighted by molar-refractivity contribution is -0.0168. The van der Waals surface area contributed by atoms with E-state index in [0.717, 1.165) is 19.4 Å². The van der Waals surface area contributed by atoms with Crippen LogP contribution in [0.3, 0.4) is 0 Å². The smallest absolute Gasteiger partial charge is 0.127 e. The minimum atomic E-state index is -0.123. The van der Waals surface area contributed by atoms with Gasteiger partial charge in [-0.05, 0) is 18.3 Å². The summed E-state index contributed by atoms with van der Waals surface area (Å²) in [6.07, 6.45) is 1.95. The van der Waals surface area contributed by atoms with Gasteiger partial charge in [-0.1, -0.05) is 13.8 Å². The molecule has 1 atom stereocenters. The largest absolute Gasteiger partial charge is 0.304 e. The molecule has 0 aromatic heterocycles. The lowest BCUT2D eigenvalue weighted by atomic mass is 9.88. The molecular weight excluding hydrogens is 128 g/mol. The molecule has 60 valence electrons. The Bertz CT molecular complexity index is 114. The molecule has 3 heteroatoms. The summed E-state index contributed by atoms with van der Waals surface area (Å²) in [6.45, 7) is 5.31. The first-order valence-electron chi connectivity index (χ1n) is 3.74. The van der Waals surface area contributed by atoms with Gasteiger partial charge < -0.3 is 5.73 Å². The molecule has 0 saturated carbocycles. The van der Waals surface area contributed by atoms with Gasteiger partial charge in [0.25, 0.3) is 0 Å². The lowest BCUT2D eigenvalue weighted by Crippen LogP contribution is -2.30. The minimum Gasteiger partial charge on any atom is -0.304 e. The van der Waals surface area contributed by atoms with E-state index in [0.29, 0.717) is 5.41 Å². The van der Waals surface area contributed by atoms with E-state index >= 15 is 0 Å². The number of hydrogen-bond donors (Lipinski definition) is 2. The number of hydroxylamine groups is 1. The van der Waals surface area contributed by atoms with Crippen LogP contribution in [0.4, 0.5) is 0 Å². The maximum atomic E-state index is 5.57. The van der Waals surface area contributed by atoms with E-state index in [1.54, 1.807) is 0 Å². The summed E-state index contributed by atoms with van der Waals surface area (Å²) < 4.78 is 0. The summed E-state index contributed by atoms with van der Waals surface area (Å²) in [4.78, 5) is 5.07. The Labute approximate surface area is 61.9 Å². The van der Waals surface area contributed by atoms with E-state index in [2.05, 4.69) is 19.3 Å². The predicted molar refractivity (Wildman–Crippen MR) is 40.1 cm³/mol. The first-order valence-corrected chi connectivity index (χ1v) is 3.74. The normalized spacial score (nSPS) is 33.3. The monoisotopic (exact) mass is 144 g/mol. The Kier molecular flexibility index (Phi) is 2.28. The molecule has 1 saturated heterocycles. The summed E-state index contributed by atoms with van der Waals surface area (Å²) in [5, 5.41) is 0. The SMILES string of the molecule is CC1(C)CCC(N)ONC1. The topological polar surface area (TPSA) is 47.3 Å². The van der Waals surface area contributed by atoms with E-state index < -0.39 is 0 Å². The Morgan fingerprint density at radius 2 is 2.30 bits per heavy atom. The fourth-order valence-electron chi connectivity index (χ4n) is 1.02. The highest BCUT2D eigenvalue weighted by Crippen LogP contribution is 2.23. The highest BCUT2D eigenvalue weighted by molar-refractivity contribution is 4.72. The average molecular weight is 144 g/mol. The van der Waals surface area contributed by atoms with Crippen molar-refractivity contribution >= 4 is 0 Å². The molecule has 1 aliphatic rings. The molecule has 1 unspecified atom stereocenters. The predicted octanol–water partition coefficient (Wildman–Crippen LogP) is 0.612. The fraction of sp³-hybridized carbons (Fsp3) is 1.00. The summed E-state index contributed by atoms with van der Waals surface area (Å²) in [5.41, 5.74) is 8.76. The Morgan fingerprint density at radius 1 is 1.60 bits per heavy atom. The lowest BCUT2D eigenvalue weighted by Gasteiger charge is -2.20. The van der Waals surface area contributed by atoms with Crippen LogP contribution >= 0.6 is 0 Å². The van der Waals surface area contributed by atoms with Crippen LogP contribution in [0.25, 0.3) is 0 Å². The second kappa shape index (κ2) is 2.86. The van der Waals surface area contributed by atoms with Gasteiger partial charge in [-0.25, -0.2) is 5.48 Å². The molecular formula is C7H16N2O. The van der Waals surface area contributed by atoms with Crippen molar-refractivity contribution in [2.24, 2.45) is 11.1 Å². The number of nitrogens with one attached hydrogen (secondary N) is 1. The zero-order valence-corrected chi connectivity index (χ0v) is 6.68. The van der Waals surface area contributed by atoms with E-state index in [9.17, 15) is 0 Å². The standard InChI is InChI=1S/C7H16N2O/c1-7(2)4-3-6(8)10-9-5-7/h6,9H,3-5,8H2,1-2H3. The quantitative estimate of drug-likeness (QED) is 0.523. The summed E-state index contributed by atoms with van der Waals surface area (Å²) in [7, 11) is 0. The fourth-order valence-corrected chi connectivity index (χ4v) is 1.02. The molecule has 3 N–H and O–H groups in total. The minimum absolute atomic E-state index is 0.123. The Hall–Kier alpha value is -0.120. The van der Waals surface area contributed by atoms with Crippen LogP contribution in [0.2, 0.25) is 0 Å². The Morgan fingerprint density at radius 3 is 3.00 bits per heavy atom. The molecule has 0 bridgehead atoms. The molecule has 0 amide bonds. The van der Waals surface area contributed by atoms with Gasteiger partial charge in [0, 0.05) is 6.54 Å². The second-order valence-electron chi connectivity index (χ2n) is 3.68. The number of rotatable bonds is 0. The van der Waals surface area contributed by atoms with Crippen molar-refractivity contribution in [1.82, 2.24) is 5.48 Å². The van der Waals surface area contributed by atoms with E-state index in [-0.39, 0.29) is 6.23 Å². The third-order valence-corrected chi connectivity index (χ3v) is 1.89. The van der Waals surface area contributed by atoms with Gasteiger partial charge >= 0.3 is 0 Å². The molecule has 1 heterocycles. The maximum absolute atomic E-state index is 5.57. The Balaban J connectivity index is 2.41. The van der Waals surface area contributed by atoms with Gasteiger partial charge in [-0.3, -0.25) is 4.84 Å². The van der Waals surface area contributed by atoms with Crippen molar-refractivity contribution in [2.45, 2.75) is 32.9 Å². The first-order chi connectivity index (χ1) is 4.60. The van der Waals surface area contributed by atoms with Gasteiger partial charge in [0.1, 0.15) is 6.23 Å². The van der Waals surface area contributed by atoms with Crippen molar-refractivity contribution in [1.29, 1.82) is 0 Å². The van der Waals surface area contributed by atoms with Crippen LogP contribution < -0.4 is 11.2 Å². The molecule has 0 aliphatic carbocycles. The summed E-state index contributed by atoms with van der Waals surface area (Å²) in [5.74, 6) is 0. The van der Waals surface area contributed by atoms with Crippen molar-refractivity contribution in [3.05, 3.63) is 0 Å². The van der Waals surface area contributed by atoms with Crippen LogP contribution in [0.5, 0.6) is 0 Å². The zero-order chi connectivity index (χ0) is 7.61. The first kappa shape index (κ1) is 7.98. The third-order valence-electron chi connectivity index (χ3n) is 1.89. The molecule has 1 aliphatic heterocycles. The molecule has 1 fully saturated rings. The van der Waals surface area contributed by atoms with E-state index in [4.69, 9.17) is 10.6 Å². The number of hydrogen-bond acceptors (Lipinski definition) is 3. The average Bonchev–Trinajstić information content (AvgIpc) is 1.94. The van der Waals surface area contributed by atoms with Crippen molar-refractivity contribution in [3.63, 3.8) is 0 Å². The zero-order valence-electron chi connectivity index (χ0n) is 6.68. The van der Waals surface area contributed by atoms with Crippen LogP contribution in [0.1, 0.15) is 26.7 Å². The third kappa shape index (κ3) is 2.25. The van der Waals surface area contributed by atoms with Gasteiger partial charge in [0.15, 0.2) is 0 Å². The van der Waals surface area contributed by atoms with Crippen LogP contribution in [-0.4, -0.2) is 12.8 Å².